The third-order valence-electron chi connectivity index (χ3n) is 5.93. The Morgan fingerprint density at radius 1 is 1.06 bits per heavy atom. The molecule has 0 saturated heterocycles. The summed E-state index contributed by atoms with van der Waals surface area (Å²) in [7, 11) is 0. The fourth-order valence-corrected chi connectivity index (χ4v) is 4.00. The fraction of sp³-hybridized carbons (Fsp3) is 0.346. The highest BCUT2D eigenvalue weighted by molar-refractivity contribution is 6.00. The van der Waals surface area contributed by atoms with Crippen LogP contribution in [0.25, 0.3) is 0 Å². The molecule has 1 aliphatic carbocycles. The van der Waals surface area contributed by atoms with Crippen molar-refractivity contribution in [1.82, 2.24) is 0 Å². The molecule has 8 heteroatoms. The van der Waals surface area contributed by atoms with Crippen LogP contribution in [0.2, 0.25) is 0 Å². The first-order valence-electron chi connectivity index (χ1n) is 10.8. The van der Waals surface area contributed by atoms with E-state index >= 15 is 0 Å². The number of nitrogens with one attached hydrogen (secondary N) is 1. The minimum atomic E-state index is -4.78. The molecule has 1 atom stereocenters. The number of alkyl halides is 3. The van der Waals surface area contributed by atoms with Gasteiger partial charge in [0.25, 0.3) is 5.91 Å². The summed E-state index contributed by atoms with van der Waals surface area (Å²) in [5.41, 5.74) is -3.10. The quantitative estimate of drug-likeness (QED) is 0.484. The zero-order valence-corrected chi connectivity index (χ0v) is 18.5. The molecule has 0 aliphatic heterocycles. The molecule has 5 nitrogen and oxygen atoms in total. The highest BCUT2D eigenvalue weighted by Gasteiger charge is 2.43. The summed E-state index contributed by atoms with van der Waals surface area (Å²) in [6, 6.07) is 10.7. The highest BCUT2D eigenvalue weighted by atomic mass is 19.4. The Hall–Kier alpha value is -3.62. The van der Waals surface area contributed by atoms with Gasteiger partial charge in [-0.2, -0.15) is 18.4 Å². The number of amides is 1. The molecule has 0 aromatic heterocycles. The first-order valence-corrected chi connectivity index (χ1v) is 10.8. The molecule has 2 aromatic rings. The van der Waals surface area contributed by atoms with Crippen LogP contribution in [0.15, 0.2) is 42.5 Å². The van der Waals surface area contributed by atoms with Gasteiger partial charge in [0.1, 0.15) is 0 Å². The Balaban J connectivity index is 1.94. The van der Waals surface area contributed by atoms with Gasteiger partial charge in [-0.1, -0.05) is 43.2 Å². The van der Waals surface area contributed by atoms with Crippen molar-refractivity contribution >= 4 is 17.4 Å². The van der Waals surface area contributed by atoms with Gasteiger partial charge in [-0.3, -0.25) is 9.59 Å². The third kappa shape index (κ3) is 5.65. The van der Waals surface area contributed by atoms with E-state index in [2.05, 4.69) is 17.2 Å². The second kappa shape index (κ2) is 10.1. The van der Waals surface area contributed by atoms with E-state index in [1.165, 1.54) is 19.1 Å². The van der Waals surface area contributed by atoms with E-state index in [1.54, 1.807) is 24.3 Å². The Kier molecular flexibility index (Phi) is 7.44. The summed E-state index contributed by atoms with van der Waals surface area (Å²) in [6.45, 7) is 1.43. The summed E-state index contributed by atoms with van der Waals surface area (Å²) in [5.74, 6) is 3.89. The lowest BCUT2D eigenvalue weighted by atomic mass is 9.76. The molecule has 1 fully saturated rings. The van der Waals surface area contributed by atoms with Crippen LogP contribution in [0.1, 0.15) is 66.1 Å². The predicted molar refractivity (Wildman–Crippen MR) is 120 cm³/mol. The van der Waals surface area contributed by atoms with Gasteiger partial charge < -0.3 is 10.4 Å². The molecule has 1 aliphatic rings. The predicted octanol–water partition coefficient (Wildman–Crippen LogP) is 5.08. The highest BCUT2D eigenvalue weighted by Crippen LogP contribution is 2.36. The standard InChI is InChI=1S/C26H23F3N2O3/c1-17(32)19-9-7-18(8-10-19)13-14-25(34,21-5-3-2-4-6-21)24(33)31-22-12-11-20(16-30)23(15-22)26(27,28)29/h7-12,15,21,34H,2-6H2,1H3,(H,31,33). The lowest BCUT2D eigenvalue weighted by Crippen LogP contribution is -2.49. The summed E-state index contributed by atoms with van der Waals surface area (Å²) in [6.07, 6.45) is -1.14. The summed E-state index contributed by atoms with van der Waals surface area (Å²) in [4.78, 5) is 24.6. The van der Waals surface area contributed by atoms with Gasteiger partial charge in [-0.25, -0.2) is 0 Å². The number of rotatable bonds is 4. The lowest BCUT2D eigenvalue weighted by molar-refractivity contribution is -0.138. The van der Waals surface area contributed by atoms with E-state index < -0.39 is 34.7 Å². The normalized spacial score (nSPS) is 15.9. The number of hydrogen-bond donors (Lipinski definition) is 2. The van der Waals surface area contributed by atoms with Crippen molar-refractivity contribution in [2.45, 2.75) is 50.8 Å². The molecule has 0 heterocycles. The second-order valence-corrected chi connectivity index (χ2v) is 8.31. The molecule has 1 amide bonds. The Morgan fingerprint density at radius 2 is 1.71 bits per heavy atom. The molecule has 0 spiro atoms. The van der Waals surface area contributed by atoms with Gasteiger partial charge in [0.05, 0.1) is 17.2 Å². The number of halogens is 3. The molecular formula is C26H23F3N2O3. The lowest BCUT2D eigenvalue weighted by Gasteiger charge is -2.33. The number of ketones is 1. The number of Topliss-reactive ketones (excluding diaryl/α,β-unsaturated/α-hetero) is 1. The molecule has 0 bridgehead atoms. The molecule has 1 saturated carbocycles. The summed E-state index contributed by atoms with van der Waals surface area (Å²) in [5, 5.41) is 22.7. The molecule has 0 radical (unpaired) electrons. The summed E-state index contributed by atoms with van der Waals surface area (Å²) >= 11 is 0. The molecular weight excluding hydrogens is 445 g/mol. The number of benzene rings is 2. The third-order valence-corrected chi connectivity index (χ3v) is 5.93. The minimum Gasteiger partial charge on any atom is -0.369 e. The average Bonchev–Trinajstić information content (AvgIpc) is 2.82. The number of nitriles is 1. The van der Waals surface area contributed by atoms with Crippen LogP contribution in [0, 0.1) is 29.1 Å². The van der Waals surface area contributed by atoms with Crippen molar-refractivity contribution in [2.75, 3.05) is 5.32 Å². The molecule has 2 aromatic carbocycles. The van der Waals surface area contributed by atoms with Crippen LogP contribution < -0.4 is 5.32 Å². The van der Waals surface area contributed by atoms with Gasteiger partial charge in [0.15, 0.2) is 5.78 Å². The van der Waals surface area contributed by atoms with Crippen molar-refractivity contribution in [1.29, 1.82) is 5.26 Å². The maximum Gasteiger partial charge on any atom is 0.417 e. The SMILES string of the molecule is CC(=O)c1ccc(C#CC(O)(C(=O)Nc2ccc(C#N)c(C(F)(F)F)c2)C2CCCCC2)cc1. The van der Waals surface area contributed by atoms with Gasteiger partial charge in [-0.05, 0) is 50.1 Å². The van der Waals surface area contributed by atoms with Gasteiger partial charge in [0.2, 0.25) is 5.60 Å². The van der Waals surface area contributed by atoms with Gasteiger partial charge in [0, 0.05) is 22.7 Å². The molecule has 3 rings (SSSR count). The van der Waals surface area contributed by atoms with Crippen molar-refractivity contribution < 1.29 is 27.9 Å². The molecule has 34 heavy (non-hydrogen) atoms. The van der Waals surface area contributed by atoms with E-state index in [4.69, 9.17) is 5.26 Å². The van der Waals surface area contributed by atoms with Crippen molar-refractivity contribution in [3.05, 3.63) is 64.7 Å². The minimum absolute atomic E-state index is 0.113. The number of nitrogens with zero attached hydrogens (tertiary/aromatic N) is 1. The number of anilines is 1. The Labute approximate surface area is 195 Å². The number of aliphatic hydroxyl groups is 1. The van der Waals surface area contributed by atoms with E-state index in [-0.39, 0.29) is 11.5 Å². The van der Waals surface area contributed by atoms with Crippen molar-refractivity contribution in [3.8, 4) is 17.9 Å². The van der Waals surface area contributed by atoms with Crippen LogP contribution in [0.3, 0.4) is 0 Å². The number of hydrogen-bond acceptors (Lipinski definition) is 4. The summed E-state index contributed by atoms with van der Waals surface area (Å²) < 4.78 is 39.9. The van der Waals surface area contributed by atoms with Crippen molar-refractivity contribution in [2.24, 2.45) is 5.92 Å². The monoisotopic (exact) mass is 468 g/mol. The smallest absolute Gasteiger partial charge is 0.369 e. The Bertz CT molecular complexity index is 1180. The number of carbonyl (C=O) groups is 2. The second-order valence-electron chi connectivity index (χ2n) is 8.31. The fourth-order valence-electron chi connectivity index (χ4n) is 4.00. The van der Waals surface area contributed by atoms with Crippen LogP contribution >= 0.6 is 0 Å². The first-order chi connectivity index (χ1) is 16.0. The van der Waals surface area contributed by atoms with Gasteiger partial charge in [-0.15, -0.1) is 0 Å². The van der Waals surface area contributed by atoms with Crippen LogP contribution in [0.4, 0.5) is 18.9 Å². The van der Waals surface area contributed by atoms with E-state index in [1.807, 2.05) is 0 Å². The molecule has 2 N–H and O–H groups in total. The largest absolute Gasteiger partial charge is 0.417 e. The van der Waals surface area contributed by atoms with Crippen LogP contribution in [-0.4, -0.2) is 22.4 Å². The topological polar surface area (TPSA) is 90.2 Å². The van der Waals surface area contributed by atoms with E-state index in [0.717, 1.165) is 25.3 Å². The van der Waals surface area contributed by atoms with Gasteiger partial charge >= 0.3 is 6.18 Å². The number of carbonyl (C=O) groups excluding carboxylic acids is 2. The van der Waals surface area contributed by atoms with Crippen molar-refractivity contribution in [3.63, 3.8) is 0 Å². The Morgan fingerprint density at radius 3 is 2.26 bits per heavy atom. The first kappa shape index (κ1) is 25.0. The maximum absolute atomic E-state index is 13.3. The van der Waals surface area contributed by atoms with Crippen LogP contribution in [-0.2, 0) is 11.0 Å². The van der Waals surface area contributed by atoms with E-state index in [0.29, 0.717) is 30.0 Å². The maximum atomic E-state index is 13.3. The molecule has 1 unspecified atom stereocenters. The van der Waals surface area contributed by atoms with Crippen LogP contribution in [0.5, 0.6) is 0 Å². The van der Waals surface area contributed by atoms with E-state index in [9.17, 15) is 27.9 Å². The zero-order valence-electron chi connectivity index (χ0n) is 18.5. The average molecular weight is 468 g/mol. The molecule has 176 valence electrons. The zero-order chi connectivity index (χ0) is 24.9.